The Morgan fingerprint density at radius 2 is 1.90 bits per heavy atom. The van der Waals surface area contributed by atoms with Crippen LogP contribution in [0.4, 0.5) is 5.69 Å². The highest BCUT2D eigenvalue weighted by Crippen LogP contribution is 2.21. The molecule has 2 aromatic rings. The van der Waals surface area contributed by atoms with Crippen LogP contribution in [0.2, 0.25) is 0 Å². The van der Waals surface area contributed by atoms with Crippen molar-refractivity contribution in [1.29, 1.82) is 0 Å². The number of aliphatic imine (C=N–C) groups is 1. The molecule has 0 radical (unpaired) electrons. The lowest BCUT2D eigenvalue weighted by molar-refractivity contribution is -0.385. The Labute approximate surface area is 116 Å². The molecule has 0 spiro atoms. The maximum atomic E-state index is 11.6. The summed E-state index contributed by atoms with van der Waals surface area (Å²) >= 11 is 0. The third-order valence-electron chi connectivity index (χ3n) is 2.92. The van der Waals surface area contributed by atoms with E-state index in [1.54, 1.807) is 0 Å². The molecule has 0 aliphatic carbocycles. The fourth-order valence-electron chi connectivity index (χ4n) is 1.76. The van der Waals surface area contributed by atoms with Gasteiger partial charge in [-0.15, -0.1) is 0 Å². The van der Waals surface area contributed by atoms with Crippen molar-refractivity contribution in [2.75, 3.05) is 0 Å². The Bertz CT molecular complexity index is 639. The Balaban J connectivity index is 2.23. The topological polar surface area (TPSA) is 78.6 Å². The predicted octanol–water partition coefficient (Wildman–Crippen LogP) is 2.85. The second kappa shape index (κ2) is 5.97. The zero-order chi connectivity index (χ0) is 14.5. The lowest BCUT2D eigenvalue weighted by Gasteiger charge is -2.10. The van der Waals surface area contributed by atoms with E-state index in [-0.39, 0.29) is 23.0 Å². The third kappa shape index (κ3) is 3.20. The largest absolute Gasteiger partial charge is 0.872 e. The minimum atomic E-state index is -0.530. The highest BCUT2D eigenvalue weighted by molar-refractivity contribution is 5.84. The predicted molar refractivity (Wildman–Crippen MR) is 75.0 cm³/mol. The number of hydrogen-bond donors (Lipinski definition) is 0. The van der Waals surface area contributed by atoms with E-state index < -0.39 is 4.92 Å². The molecular weight excluding hydrogens is 256 g/mol. The number of rotatable bonds is 4. The van der Waals surface area contributed by atoms with Crippen LogP contribution in [-0.2, 0) is 0 Å². The molecule has 5 nitrogen and oxygen atoms in total. The summed E-state index contributed by atoms with van der Waals surface area (Å²) in [5.74, 6) is -0.278. The molecule has 0 aliphatic rings. The number of non-ortho nitro benzene ring substituents is 1. The highest BCUT2D eigenvalue weighted by Gasteiger charge is 2.06. The van der Waals surface area contributed by atoms with Crippen molar-refractivity contribution in [3.05, 3.63) is 69.8 Å². The van der Waals surface area contributed by atoms with Crippen LogP contribution in [0.25, 0.3) is 0 Å². The molecule has 0 saturated carbocycles. The van der Waals surface area contributed by atoms with Crippen molar-refractivity contribution in [2.24, 2.45) is 4.99 Å². The Morgan fingerprint density at radius 3 is 2.55 bits per heavy atom. The summed E-state index contributed by atoms with van der Waals surface area (Å²) in [6.45, 7) is 1.90. The van der Waals surface area contributed by atoms with Crippen molar-refractivity contribution in [3.63, 3.8) is 0 Å². The number of nitrogens with zero attached hydrogens (tertiary/aromatic N) is 2. The van der Waals surface area contributed by atoms with Gasteiger partial charge in [0.2, 0.25) is 0 Å². The second-order valence-electron chi connectivity index (χ2n) is 4.34. The second-order valence-corrected chi connectivity index (χ2v) is 4.34. The highest BCUT2D eigenvalue weighted by atomic mass is 16.6. The van der Waals surface area contributed by atoms with Crippen LogP contribution < -0.4 is 5.11 Å². The Kier molecular flexibility index (Phi) is 4.10. The molecule has 0 aromatic heterocycles. The lowest BCUT2D eigenvalue weighted by atomic mass is 10.1. The summed E-state index contributed by atoms with van der Waals surface area (Å²) in [5, 5.41) is 22.3. The van der Waals surface area contributed by atoms with Crippen LogP contribution in [0.1, 0.15) is 24.1 Å². The molecule has 0 N–H and O–H groups in total. The molecule has 2 rings (SSSR count). The van der Waals surface area contributed by atoms with Crippen LogP contribution >= 0.6 is 0 Å². The van der Waals surface area contributed by atoms with E-state index >= 15 is 0 Å². The molecule has 5 heteroatoms. The number of benzene rings is 2. The summed E-state index contributed by atoms with van der Waals surface area (Å²) in [6, 6.07) is 13.1. The molecule has 2 aromatic carbocycles. The zero-order valence-corrected chi connectivity index (χ0v) is 10.9. The van der Waals surface area contributed by atoms with Crippen molar-refractivity contribution < 1.29 is 10.0 Å². The lowest BCUT2D eigenvalue weighted by Crippen LogP contribution is -1.99. The van der Waals surface area contributed by atoms with Gasteiger partial charge in [-0.2, -0.15) is 0 Å². The minimum absolute atomic E-state index is 0.113. The zero-order valence-electron chi connectivity index (χ0n) is 10.9. The van der Waals surface area contributed by atoms with Crippen LogP contribution in [0, 0.1) is 10.1 Å². The van der Waals surface area contributed by atoms with E-state index in [0.29, 0.717) is 0 Å². The summed E-state index contributed by atoms with van der Waals surface area (Å²) in [6.07, 6.45) is 1.40. The fourth-order valence-corrected chi connectivity index (χ4v) is 1.76. The monoisotopic (exact) mass is 269 g/mol. The van der Waals surface area contributed by atoms with Crippen LogP contribution in [-0.4, -0.2) is 11.1 Å². The number of hydrogen-bond acceptors (Lipinski definition) is 4. The van der Waals surface area contributed by atoms with Gasteiger partial charge in [-0.1, -0.05) is 42.1 Å². The normalized spacial score (nSPS) is 12.4. The van der Waals surface area contributed by atoms with E-state index in [1.807, 2.05) is 37.3 Å². The first-order valence-electron chi connectivity index (χ1n) is 6.11. The van der Waals surface area contributed by atoms with Crippen molar-refractivity contribution in [1.82, 2.24) is 0 Å². The summed E-state index contributed by atoms with van der Waals surface area (Å²) < 4.78 is 0. The van der Waals surface area contributed by atoms with Gasteiger partial charge in [0.15, 0.2) is 0 Å². The van der Waals surface area contributed by atoms with E-state index in [2.05, 4.69) is 4.99 Å². The SMILES string of the molecule is C[C@H](N=Cc1cc([N+](=O)[O-])ccc1[O-])c1ccccc1. The maximum absolute atomic E-state index is 11.6. The summed E-state index contributed by atoms with van der Waals surface area (Å²) in [5.41, 5.74) is 1.13. The van der Waals surface area contributed by atoms with Gasteiger partial charge in [0, 0.05) is 18.3 Å². The van der Waals surface area contributed by atoms with Gasteiger partial charge in [-0.25, -0.2) is 0 Å². The molecule has 0 amide bonds. The Morgan fingerprint density at radius 1 is 1.20 bits per heavy atom. The first-order chi connectivity index (χ1) is 9.58. The smallest absolute Gasteiger partial charge is 0.270 e. The van der Waals surface area contributed by atoms with Gasteiger partial charge in [0.25, 0.3) is 5.69 Å². The average molecular weight is 269 g/mol. The molecule has 0 saturated heterocycles. The molecule has 1 atom stereocenters. The van der Waals surface area contributed by atoms with Crippen molar-refractivity contribution >= 4 is 11.9 Å². The van der Waals surface area contributed by atoms with Gasteiger partial charge in [-0.3, -0.25) is 15.1 Å². The van der Waals surface area contributed by atoms with Crippen molar-refractivity contribution in [2.45, 2.75) is 13.0 Å². The summed E-state index contributed by atoms with van der Waals surface area (Å²) in [7, 11) is 0. The van der Waals surface area contributed by atoms with Gasteiger partial charge in [0.05, 0.1) is 11.0 Å². The standard InChI is InChI=1S/C15H14N2O3/c1-11(12-5-3-2-4-6-12)16-10-13-9-14(17(19)20)7-8-15(13)18/h2-11,18H,1H3/p-1/t11-/m0/s1. The fraction of sp³-hybridized carbons (Fsp3) is 0.133. The Hall–Kier alpha value is -2.69. The van der Waals surface area contributed by atoms with Gasteiger partial charge < -0.3 is 5.11 Å². The van der Waals surface area contributed by atoms with E-state index in [4.69, 9.17) is 0 Å². The molecule has 0 fully saturated rings. The van der Waals surface area contributed by atoms with E-state index in [9.17, 15) is 15.2 Å². The van der Waals surface area contributed by atoms with E-state index in [0.717, 1.165) is 5.56 Å². The van der Waals surface area contributed by atoms with Crippen molar-refractivity contribution in [3.8, 4) is 5.75 Å². The molecule has 20 heavy (non-hydrogen) atoms. The quantitative estimate of drug-likeness (QED) is 0.486. The minimum Gasteiger partial charge on any atom is -0.872 e. The third-order valence-corrected chi connectivity index (χ3v) is 2.92. The average Bonchev–Trinajstić information content (AvgIpc) is 2.46. The van der Waals surface area contributed by atoms with Crippen LogP contribution in [0.15, 0.2) is 53.5 Å². The molecule has 0 bridgehead atoms. The molecule has 0 aliphatic heterocycles. The number of nitro benzene ring substituents is 1. The van der Waals surface area contributed by atoms with Gasteiger partial charge in [0.1, 0.15) is 0 Å². The number of nitro groups is 1. The maximum Gasteiger partial charge on any atom is 0.270 e. The van der Waals surface area contributed by atoms with Crippen LogP contribution in [0.5, 0.6) is 5.75 Å². The van der Waals surface area contributed by atoms with Crippen LogP contribution in [0.3, 0.4) is 0 Å². The first kappa shape index (κ1) is 13.7. The molecule has 102 valence electrons. The molecule has 0 unspecified atom stereocenters. The first-order valence-corrected chi connectivity index (χ1v) is 6.11. The van der Waals surface area contributed by atoms with Gasteiger partial charge >= 0.3 is 0 Å². The molecule has 0 heterocycles. The van der Waals surface area contributed by atoms with E-state index in [1.165, 1.54) is 24.4 Å². The summed E-state index contributed by atoms with van der Waals surface area (Å²) in [4.78, 5) is 14.4. The van der Waals surface area contributed by atoms with Gasteiger partial charge in [-0.05, 0) is 18.1 Å². The molecular formula is C15H13N2O3-.